The summed E-state index contributed by atoms with van der Waals surface area (Å²) in [6.07, 6.45) is 3.89. The van der Waals surface area contributed by atoms with Crippen molar-refractivity contribution in [2.75, 3.05) is 32.4 Å². The highest BCUT2D eigenvalue weighted by Crippen LogP contribution is 2.21. The predicted octanol–water partition coefficient (Wildman–Crippen LogP) is 1.33. The molecule has 2 aromatic carbocycles. The first-order valence-corrected chi connectivity index (χ1v) is 15.8. The largest absolute Gasteiger partial charge is 0.354 e. The van der Waals surface area contributed by atoms with Gasteiger partial charge in [0.15, 0.2) is 5.96 Å². The van der Waals surface area contributed by atoms with Gasteiger partial charge in [0, 0.05) is 31.7 Å². The lowest BCUT2D eigenvalue weighted by atomic mass is 9.96. The Morgan fingerprint density at radius 2 is 1.59 bits per heavy atom. The maximum absolute atomic E-state index is 13.5. The van der Waals surface area contributed by atoms with Crippen molar-refractivity contribution in [1.29, 1.82) is 5.41 Å². The fourth-order valence-electron chi connectivity index (χ4n) is 5.36. The van der Waals surface area contributed by atoms with Crippen molar-refractivity contribution in [1.82, 2.24) is 25.2 Å². The quantitative estimate of drug-likeness (QED) is 0.259. The molecule has 2 atom stereocenters. The highest BCUT2D eigenvalue weighted by Gasteiger charge is 2.38. The molecule has 12 heteroatoms. The number of likely N-dealkylation sites (tertiary alicyclic amines) is 2. The summed E-state index contributed by atoms with van der Waals surface area (Å²) in [5.41, 5.74) is 1.31. The molecule has 4 N–H and O–H groups in total. The molecule has 0 aliphatic carbocycles. The van der Waals surface area contributed by atoms with Crippen LogP contribution in [0.2, 0.25) is 0 Å². The molecular weight excluding hydrogens is 544 g/mol. The normalized spacial score (nSPS) is 18.5. The van der Waals surface area contributed by atoms with E-state index < -0.39 is 28.0 Å². The van der Waals surface area contributed by atoms with Gasteiger partial charge in [-0.2, -0.15) is 0 Å². The average Bonchev–Trinajstić information content (AvgIpc) is 3.46. The van der Waals surface area contributed by atoms with Crippen LogP contribution in [0.3, 0.4) is 0 Å². The third kappa shape index (κ3) is 8.61. The second-order valence-corrected chi connectivity index (χ2v) is 12.4. The standard InChI is InChI=1S/C29H38N6O5S/c1-41(39,40)33-24(19-21-9-4-2-5-10-21)28(38)35-16-8-13-25(35)27(37)31-20-22-14-17-34(18-15-22)29(30)32-26(36)23-11-6-3-7-12-23/h2-7,9-12,22,24-25,33H,8,13-20H2,1H3,(H,31,37)(H2,30,32,36)/t24-,25+/m1/s1. The zero-order valence-corrected chi connectivity index (χ0v) is 24.0. The van der Waals surface area contributed by atoms with Gasteiger partial charge in [-0.15, -0.1) is 0 Å². The Labute approximate surface area is 241 Å². The molecule has 0 spiro atoms. The van der Waals surface area contributed by atoms with Crippen molar-refractivity contribution in [2.24, 2.45) is 5.92 Å². The van der Waals surface area contributed by atoms with Crippen LogP contribution in [-0.2, 0) is 26.0 Å². The molecule has 0 unspecified atom stereocenters. The Morgan fingerprint density at radius 3 is 2.22 bits per heavy atom. The molecule has 0 saturated carbocycles. The summed E-state index contributed by atoms with van der Waals surface area (Å²) in [6, 6.07) is 16.3. The number of hydrogen-bond donors (Lipinski definition) is 4. The summed E-state index contributed by atoms with van der Waals surface area (Å²) in [6.45, 7) is 2.01. The van der Waals surface area contributed by atoms with E-state index in [2.05, 4.69) is 15.4 Å². The first-order chi connectivity index (χ1) is 19.6. The highest BCUT2D eigenvalue weighted by atomic mass is 32.2. The summed E-state index contributed by atoms with van der Waals surface area (Å²) in [5.74, 6) is -0.691. The number of sulfonamides is 1. The van der Waals surface area contributed by atoms with E-state index in [9.17, 15) is 22.8 Å². The van der Waals surface area contributed by atoms with Gasteiger partial charge in [-0.1, -0.05) is 48.5 Å². The topological polar surface area (TPSA) is 152 Å². The molecule has 2 aliphatic heterocycles. The van der Waals surface area contributed by atoms with Gasteiger partial charge in [0.2, 0.25) is 21.8 Å². The molecule has 2 heterocycles. The number of amides is 3. The minimum absolute atomic E-state index is 0.0641. The number of carbonyl (C=O) groups is 3. The Bertz CT molecular complexity index is 1330. The number of benzene rings is 2. The molecule has 41 heavy (non-hydrogen) atoms. The van der Waals surface area contributed by atoms with Crippen LogP contribution < -0.4 is 15.4 Å². The Morgan fingerprint density at radius 1 is 0.951 bits per heavy atom. The Kier molecular flexibility index (Phi) is 10.1. The van der Waals surface area contributed by atoms with Gasteiger partial charge in [-0.25, -0.2) is 13.1 Å². The van der Waals surface area contributed by atoms with Crippen LogP contribution in [-0.4, -0.2) is 86.4 Å². The first-order valence-electron chi connectivity index (χ1n) is 13.9. The number of carbonyl (C=O) groups excluding carboxylic acids is 3. The Hall–Kier alpha value is -3.77. The molecule has 0 bridgehead atoms. The summed E-state index contributed by atoms with van der Waals surface area (Å²) >= 11 is 0. The summed E-state index contributed by atoms with van der Waals surface area (Å²) in [4.78, 5) is 42.3. The lowest BCUT2D eigenvalue weighted by Gasteiger charge is -2.34. The predicted molar refractivity (Wildman–Crippen MR) is 156 cm³/mol. The lowest BCUT2D eigenvalue weighted by Crippen LogP contribution is -2.54. The summed E-state index contributed by atoms with van der Waals surface area (Å²) in [7, 11) is -3.65. The molecule has 0 radical (unpaired) electrons. The van der Waals surface area contributed by atoms with Gasteiger partial charge in [-0.3, -0.25) is 25.1 Å². The molecule has 2 saturated heterocycles. The fourth-order valence-corrected chi connectivity index (χ4v) is 6.06. The number of hydrogen-bond acceptors (Lipinski definition) is 6. The number of nitrogens with zero attached hydrogens (tertiary/aromatic N) is 2. The van der Waals surface area contributed by atoms with Gasteiger partial charge < -0.3 is 15.1 Å². The minimum atomic E-state index is -3.65. The number of rotatable bonds is 9. The van der Waals surface area contributed by atoms with Gasteiger partial charge in [0.25, 0.3) is 5.91 Å². The summed E-state index contributed by atoms with van der Waals surface area (Å²) < 4.78 is 26.5. The maximum Gasteiger partial charge on any atom is 0.257 e. The molecule has 2 aromatic rings. The van der Waals surface area contributed by atoms with Crippen molar-refractivity contribution in [2.45, 2.75) is 44.2 Å². The third-order valence-corrected chi connectivity index (χ3v) is 8.25. The van der Waals surface area contributed by atoms with Crippen LogP contribution in [0.4, 0.5) is 0 Å². The molecule has 0 aromatic heterocycles. The second kappa shape index (κ2) is 13.7. The highest BCUT2D eigenvalue weighted by molar-refractivity contribution is 7.88. The number of nitrogens with one attached hydrogen (secondary N) is 4. The monoisotopic (exact) mass is 582 g/mol. The number of guanidine groups is 1. The minimum Gasteiger partial charge on any atom is -0.354 e. The molecule has 2 fully saturated rings. The fraction of sp³-hybridized carbons (Fsp3) is 0.448. The van der Waals surface area contributed by atoms with E-state index in [1.54, 1.807) is 24.3 Å². The van der Waals surface area contributed by atoms with E-state index in [-0.39, 0.29) is 30.1 Å². The average molecular weight is 583 g/mol. The maximum atomic E-state index is 13.5. The van der Waals surface area contributed by atoms with Crippen LogP contribution in [0.25, 0.3) is 0 Å². The molecule has 220 valence electrons. The molecule has 2 aliphatic rings. The van der Waals surface area contributed by atoms with Crippen molar-refractivity contribution in [3.05, 3.63) is 71.8 Å². The van der Waals surface area contributed by atoms with E-state index in [1.165, 1.54) is 4.90 Å². The van der Waals surface area contributed by atoms with Gasteiger partial charge in [-0.05, 0) is 55.7 Å². The summed E-state index contributed by atoms with van der Waals surface area (Å²) in [5, 5.41) is 13.9. The van der Waals surface area contributed by atoms with Crippen LogP contribution >= 0.6 is 0 Å². The Balaban J connectivity index is 1.27. The van der Waals surface area contributed by atoms with E-state index >= 15 is 0 Å². The van der Waals surface area contributed by atoms with Crippen LogP contribution in [0, 0.1) is 11.3 Å². The zero-order chi connectivity index (χ0) is 29.4. The lowest BCUT2D eigenvalue weighted by molar-refractivity contribution is -0.139. The van der Waals surface area contributed by atoms with Gasteiger partial charge in [0.05, 0.1) is 6.26 Å². The van der Waals surface area contributed by atoms with E-state index in [1.807, 2.05) is 41.3 Å². The van der Waals surface area contributed by atoms with Gasteiger partial charge in [0.1, 0.15) is 12.1 Å². The molecule has 3 amide bonds. The number of piperidine rings is 1. The SMILES string of the molecule is CS(=O)(=O)N[C@H](Cc1ccccc1)C(=O)N1CCC[C@H]1C(=O)NCC1CCN(C(=N)NC(=O)c2ccccc2)CC1. The van der Waals surface area contributed by atoms with Crippen molar-refractivity contribution in [3.63, 3.8) is 0 Å². The van der Waals surface area contributed by atoms with Crippen LogP contribution in [0.5, 0.6) is 0 Å². The molecule has 11 nitrogen and oxygen atoms in total. The van der Waals surface area contributed by atoms with Crippen molar-refractivity contribution >= 4 is 33.7 Å². The van der Waals surface area contributed by atoms with E-state index in [0.717, 1.165) is 24.7 Å². The molecular formula is C29H38N6O5S. The second-order valence-electron chi connectivity index (χ2n) is 10.7. The van der Waals surface area contributed by atoms with Crippen LogP contribution in [0.1, 0.15) is 41.6 Å². The van der Waals surface area contributed by atoms with E-state index in [4.69, 9.17) is 5.41 Å². The third-order valence-electron chi connectivity index (χ3n) is 7.54. The smallest absolute Gasteiger partial charge is 0.257 e. The van der Waals surface area contributed by atoms with Crippen molar-refractivity contribution < 1.29 is 22.8 Å². The molecule has 4 rings (SSSR count). The van der Waals surface area contributed by atoms with Gasteiger partial charge >= 0.3 is 0 Å². The van der Waals surface area contributed by atoms with E-state index in [0.29, 0.717) is 44.6 Å². The zero-order valence-electron chi connectivity index (χ0n) is 23.2. The first kappa shape index (κ1) is 30.2. The van der Waals surface area contributed by atoms with Crippen LogP contribution in [0.15, 0.2) is 60.7 Å². The van der Waals surface area contributed by atoms with Crippen molar-refractivity contribution in [3.8, 4) is 0 Å².